The number of fused-ring (bicyclic) bond motifs is 6. The fourth-order valence-electron chi connectivity index (χ4n) is 8.13. The van der Waals surface area contributed by atoms with Crippen LogP contribution in [0.2, 0.25) is 0 Å². The minimum absolute atomic E-state index is 0.0408. The molecule has 6 bridgehead atoms. The topological polar surface area (TPSA) is 140 Å². The minimum atomic E-state index is -2.25. The molecule has 6 heterocycles. The number of hydrogen-bond donors (Lipinski definition) is 2. The molecule has 3 aliphatic rings. The minimum Gasteiger partial charge on any atom is -0.464 e. The Balaban J connectivity index is 1.33. The number of urea groups is 1. The highest BCUT2D eigenvalue weighted by molar-refractivity contribution is 7.10. The third-order valence-electron chi connectivity index (χ3n) is 11.0. The molecule has 2 fully saturated rings. The Kier molecular flexibility index (Phi) is 11.7. The number of nitrogens with zero attached hydrogens (tertiary/aromatic N) is 5. The van der Waals surface area contributed by atoms with E-state index < -0.39 is 26.4 Å². The highest BCUT2D eigenvalue weighted by Crippen LogP contribution is 2.42. The van der Waals surface area contributed by atoms with E-state index in [-0.39, 0.29) is 30.3 Å². The Morgan fingerprint density at radius 1 is 1.18 bits per heavy atom. The maximum atomic E-state index is 14.3. The van der Waals surface area contributed by atoms with Gasteiger partial charge >= 0.3 is 12.0 Å². The van der Waals surface area contributed by atoms with Gasteiger partial charge in [-0.3, -0.25) is 19.6 Å². The van der Waals surface area contributed by atoms with Crippen LogP contribution < -0.4 is 10.4 Å². The summed E-state index contributed by atoms with van der Waals surface area (Å²) in [6.45, 7) is 10.8. The summed E-state index contributed by atoms with van der Waals surface area (Å²) in [5.74, 6) is -0.393. The number of pyridine rings is 1. The number of carbonyl (C=O) groups is 3. The molecule has 55 heavy (non-hydrogen) atoms. The Morgan fingerprint density at radius 2 is 2.00 bits per heavy atom. The van der Waals surface area contributed by atoms with Gasteiger partial charge in [-0.15, -0.1) is 11.3 Å². The average Bonchev–Trinajstić information content (AvgIpc) is 3.93. The first kappa shape index (κ1) is 39.1. The molecule has 3 aromatic heterocycles. The van der Waals surface area contributed by atoms with Crippen molar-refractivity contribution in [2.45, 2.75) is 90.6 Å². The summed E-state index contributed by atoms with van der Waals surface area (Å²) in [5, 5.41) is 5.42. The van der Waals surface area contributed by atoms with Gasteiger partial charge in [0.15, 0.2) is 0 Å². The molecule has 3 aliphatic heterocycles. The van der Waals surface area contributed by atoms with Gasteiger partial charge in [0, 0.05) is 78.9 Å². The molecule has 3 atom stereocenters. The fourth-order valence-corrected chi connectivity index (χ4v) is 11.1. The molecular formula is C40H52N7O6SSi. The van der Waals surface area contributed by atoms with Crippen molar-refractivity contribution in [3.05, 3.63) is 58.2 Å². The summed E-state index contributed by atoms with van der Waals surface area (Å²) in [7, 11) is 1.08. The van der Waals surface area contributed by atoms with Crippen molar-refractivity contribution in [3.8, 4) is 22.5 Å². The predicted octanol–water partition coefficient (Wildman–Crippen LogP) is 6.24. The molecule has 2 saturated heterocycles. The molecule has 3 amide bonds. The lowest BCUT2D eigenvalue weighted by Crippen LogP contribution is -2.63. The van der Waals surface area contributed by atoms with E-state index in [1.54, 1.807) is 25.3 Å². The first-order valence-corrected chi connectivity index (χ1v) is 21.9. The van der Waals surface area contributed by atoms with Crippen molar-refractivity contribution < 1.29 is 28.6 Å². The summed E-state index contributed by atoms with van der Waals surface area (Å²) < 4.78 is 19.6. The summed E-state index contributed by atoms with van der Waals surface area (Å²) in [5.41, 5.74) is 9.47. The van der Waals surface area contributed by atoms with Gasteiger partial charge in [-0.2, -0.15) is 0 Å². The number of aromatic nitrogens is 3. The number of nitrogens with one attached hydrogen (secondary N) is 2. The van der Waals surface area contributed by atoms with Crippen LogP contribution in [0.15, 0.2) is 41.9 Å². The van der Waals surface area contributed by atoms with Gasteiger partial charge in [-0.05, 0) is 75.8 Å². The molecule has 2 N–H and O–H groups in total. The zero-order valence-electron chi connectivity index (χ0n) is 32.6. The van der Waals surface area contributed by atoms with Crippen LogP contribution in [0.1, 0.15) is 75.7 Å². The van der Waals surface area contributed by atoms with Crippen molar-refractivity contribution >= 4 is 48.7 Å². The Bertz CT molecular complexity index is 2050. The summed E-state index contributed by atoms with van der Waals surface area (Å²) in [6, 6.07) is 9.87. The smallest absolute Gasteiger partial charge is 0.324 e. The molecule has 4 aromatic rings. The SMILES string of the molecule is CCn1c(-c2cccnc2[C@H](C)OC)c2c3cc(ccc31)-c1csc(n1)C[Si](NC(=O)N1CCC[C@@H]1COC)C(=O)N1CCC[C@H](N1)C(=O)OCC(C)(C)C2. The zero-order valence-corrected chi connectivity index (χ0v) is 34.5. The van der Waals surface area contributed by atoms with Crippen molar-refractivity contribution in [1.29, 1.82) is 0 Å². The molecule has 1 radical (unpaired) electrons. The van der Waals surface area contributed by atoms with E-state index in [2.05, 4.69) is 60.0 Å². The molecule has 15 heteroatoms. The standard InChI is InChI=1S/C40H52N7O6SSi/c1-7-45-33-15-14-26-19-29(33)30(36(45)28-12-8-16-41-35(28)25(2)52-6)20-40(3,4)24-53-37(48)31-13-10-18-47(43-31)39(50)55(23-34-42-32(26)22-54-34)44-38(49)46-17-9-11-27(46)21-51-5/h8,12,14-16,19,22,25,27,31,43H,7,9-11,13,17-18,20-21,23-24H2,1-6H3,(H,44,49)/t25-,27+,31-/m0/s1. The average molecular weight is 787 g/mol. The zero-order chi connectivity index (χ0) is 38.9. The van der Waals surface area contributed by atoms with Crippen LogP contribution in [0, 0.1) is 5.41 Å². The highest BCUT2D eigenvalue weighted by Gasteiger charge is 2.39. The Hall–Kier alpha value is -4.15. The molecule has 293 valence electrons. The van der Waals surface area contributed by atoms with Crippen LogP contribution in [0.25, 0.3) is 33.4 Å². The Labute approximate surface area is 328 Å². The van der Waals surface area contributed by atoms with Crippen LogP contribution in [0.4, 0.5) is 9.59 Å². The third-order valence-corrected chi connectivity index (χ3v) is 14.1. The number of hydrogen-bond acceptors (Lipinski definition) is 10. The van der Waals surface area contributed by atoms with Gasteiger partial charge in [0.05, 0.1) is 47.4 Å². The van der Waals surface area contributed by atoms with E-state index in [0.717, 1.165) is 69.1 Å². The maximum absolute atomic E-state index is 14.3. The Morgan fingerprint density at radius 3 is 2.78 bits per heavy atom. The highest BCUT2D eigenvalue weighted by atomic mass is 32.1. The number of benzene rings is 1. The van der Waals surface area contributed by atoms with Crippen molar-refractivity contribution in [2.24, 2.45) is 5.41 Å². The first-order valence-electron chi connectivity index (χ1n) is 19.3. The van der Waals surface area contributed by atoms with Crippen LogP contribution in [0.3, 0.4) is 0 Å². The lowest BCUT2D eigenvalue weighted by molar-refractivity contribution is -0.151. The summed E-state index contributed by atoms with van der Waals surface area (Å²) >= 11 is 1.49. The van der Waals surface area contributed by atoms with E-state index >= 15 is 0 Å². The van der Waals surface area contributed by atoms with Gasteiger partial charge in [0.25, 0.3) is 8.96 Å². The van der Waals surface area contributed by atoms with Gasteiger partial charge in [-0.25, -0.2) is 15.2 Å². The van der Waals surface area contributed by atoms with E-state index in [9.17, 15) is 14.4 Å². The van der Waals surface area contributed by atoms with Crippen LogP contribution in [-0.4, -0.2) is 104 Å². The van der Waals surface area contributed by atoms with Gasteiger partial charge in [0.2, 0.25) is 5.53 Å². The molecule has 0 saturated carbocycles. The number of hydrazine groups is 1. The molecular weight excluding hydrogens is 735 g/mol. The lowest BCUT2D eigenvalue weighted by atomic mass is 9.84. The largest absolute Gasteiger partial charge is 0.464 e. The number of carbonyl (C=O) groups excluding carboxylic acids is 3. The van der Waals surface area contributed by atoms with Crippen LogP contribution in [-0.2, 0) is 38.0 Å². The molecule has 0 unspecified atom stereocenters. The fraction of sp³-hybridized carbons (Fsp3) is 0.525. The summed E-state index contributed by atoms with van der Waals surface area (Å²) in [4.78, 5) is 56.6. The number of aryl methyl sites for hydroxylation is 1. The van der Waals surface area contributed by atoms with Crippen molar-refractivity contribution in [1.82, 2.24) is 34.9 Å². The summed E-state index contributed by atoms with van der Waals surface area (Å²) in [6.07, 6.45) is 5.10. The van der Waals surface area contributed by atoms with E-state index in [0.29, 0.717) is 45.0 Å². The third kappa shape index (κ3) is 8.08. The van der Waals surface area contributed by atoms with E-state index in [4.69, 9.17) is 24.2 Å². The monoisotopic (exact) mass is 786 g/mol. The molecule has 0 aliphatic carbocycles. The van der Waals surface area contributed by atoms with Gasteiger partial charge in [0.1, 0.15) is 6.04 Å². The quantitative estimate of drug-likeness (QED) is 0.165. The molecule has 13 nitrogen and oxygen atoms in total. The van der Waals surface area contributed by atoms with Crippen molar-refractivity contribution in [2.75, 3.05) is 40.5 Å². The molecule has 0 spiro atoms. The second-order valence-electron chi connectivity index (χ2n) is 15.5. The predicted molar refractivity (Wildman–Crippen MR) is 214 cm³/mol. The van der Waals surface area contributed by atoms with E-state index in [1.807, 2.05) is 18.4 Å². The second-order valence-corrected chi connectivity index (χ2v) is 18.4. The van der Waals surface area contributed by atoms with E-state index in [1.165, 1.54) is 16.3 Å². The number of methoxy groups -OCH3 is 2. The number of esters is 1. The number of thiazole rings is 1. The number of amides is 3. The number of ether oxygens (including phenoxy) is 3. The number of rotatable bonds is 7. The molecule has 1 aromatic carbocycles. The maximum Gasteiger partial charge on any atom is 0.324 e. The van der Waals surface area contributed by atoms with Gasteiger partial charge in [-0.1, -0.05) is 19.9 Å². The lowest BCUT2D eigenvalue weighted by Gasteiger charge is -2.35. The number of likely N-dealkylation sites (tertiary alicyclic amines) is 1. The second kappa shape index (κ2) is 16.5. The van der Waals surface area contributed by atoms with Crippen molar-refractivity contribution in [3.63, 3.8) is 0 Å². The normalized spacial score (nSPS) is 21.4. The van der Waals surface area contributed by atoms with Crippen LogP contribution in [0.5, 0.6) is 0 Å². The first-order chi connectivity index (χ1) is 26.5. The molecule has 7 rings (SSSR count). The van der Waals surface area contributed by atoms with Gasteiger partial charge < -0.3 is 28.7 Å². The van der Waals surface area contributed by atoms with Crippen LogP contribution >= 0.6 is 11.3 Å². The number of cyclic esters (lactones) is 1.